The zero-order chi connectivity index (χ0) is 11.6. The van der Waals surface area contributed by atoms with E-state index >= 15 is 0 Å². The van der Waals surface area contributed by atoms with Gasteiger partial charge >= 0.3 is 0 Å². The second-order valence-electron chi connectivity index (χ2n) is 2.95. The Morgan fingerprint density at radius 1 is 1.53 bits per heavy atom. The molecule has 1 aromatic carbocycles. The molecule has 0 amide bonds. The number of hydrogen-bond donors (Lipinski definition) is 0. The molecule has 0 saturated carbocycles. The highest BCUT2D eigenvalue weighted by molar-refractivity contribution is 9.10. The Kier molecular flexibility index (Phi) is 4.28. The molecule has 5 heteroatoms. The maximum atomic E-state index is 13.2. The van der Waals surface area contributed by atoms with Crippen LogP contribution < -0.4 is 4.74 Å². The van der Waals surface area contributed by atoms with E-state index in [4.69, 9.17) is 4.74 Å². The van der Waals surface area contributed by atoms with Crippen LogP contribution in [0.1, 0.15) is 17.3 Å². The molecular weight excluding hydrogens is 331 g/mol. The summed E-state index contributed by atoms with van der Waals surface area (Å²) in [5.74, 6) is -0.356. The smallest absolute Gasteiger partial charge is 0.179 e. The van der Waals surface area contributed by atoms with Crippen molar-refractivity contribution in [3.8, 4) is 5.75 Å². The highest BCUT2D eigenvalue weighted by Crippen LogP contribution is 2.28. The third kappa shape index (κ3) is 2.78. The highest BCUT2D eigenvalue weighted by atomic mass is 79.9. The first-order chi connectivity index (χ1) is 6.97. The molecule has 0 saturated heterocycles. The van der Waals surface area contributed by atoms with Gasteiger partial charge in [-0.1, -0.05) is 15.9 Å². The predicted molar refractivity (Wildman–Crippen MR) is 63.4 cm³/mol. The number of carbonyl (C=O) groups excluding carboxylic acids is 1. The van der Waals surface area contributed by atoms with Crippen molar-refractivity contribution < 1.29 is 13.9 Å². The predicted octanol–water partition coefficient (Wildman–Crippen LogP) is 3.56. The molecule has 0 fully saturated rings. The molecule has 0 aliphatic rings. The Balaban J connectivity index is 3.27. The minimum atomic E-state index is -0.453. The first-order valence-electron chi connectivity index (χ1n) is 4.18. The Labute approximate surface area is 104 Å². The first-order valence-corrected chi connectivity index (χ1v) is 5.89. The van der Waals surface area contributed by atoms with Crippen LogP contribution in [0.15, 0.2) is 16.6 Å². The molecule has 82 valence electrons. The summed E-state index contributed by atoms with van der Waals surface area (Å²) in [6.45, 7) is 1.71. The summed E-state index contributed by atoms with van der Waals surface area (Å²) in [4.78, 5) is 11.4. The molecule has 0 aromatic heterocycles. The van der Waals surface area contributed by atoms with E-state index in [1.807, 2.05) is 0 Å². The van der Waals surface area contributed by atoms with Crippen molar-refractivity contribution in [3.05, 3.63) is 28.0 Å². The van der Waals surface area contributed by atoms with Crippen molar-refractivity contribution in [2.45, 2.75) is 11.8 Å². The number of rotatable bonds is 3. The van der Waals surface area contributed by atoms with Crippen molar-refractivity contribution in [1.82, 2.24) is 0 Å². The molecule has 0 bridgehead atoms. The Hall–Kier alpha value is -0.420. The van der Waals surface area contributed by atoms with Gasteiger partial charge < -0.3 is 4.74 Å². The van der Waals surface area contributed by atoms with E-state index < -0.39 is 5.82 Å². The van der Waals surface area contributed by atoms with Gasteiger partial charge in [0, 0.05) is 6.07 Å². The minimum Gasteiger partial charge on any atom is -0.496 e. The summed E-state index contributed by atoms with van der Waals surface area (Å²) in [7, 11) is 1.40. The average Bonchev–Trinajstić information content (AvgIpc) is 2.20. The molecule has 0 aliphatic heterocycles. The lowest BCUT2D eigenvalue weighted by atomic mass is 10.1. The number of ether oxygens (including phenoxy) is 1. The molecule has 0 radical (unpaired) electrons. The molecule has 0 N–H and O–H groups in total. The molecule has 0 aliphatic carbocycles. The third-order valence-corrected chi connectivity index (χ3v) is 2.89. The Bertz CT molecular complexity index is 391. The van der Waals surface area contributed by atoms with Gasteiger partial charge in [0.1, 0.15) is 11.6 Å². The van der Waals surface area contributed by atoms with Crippen LogP contribution in [0.3, 0.4) is 0 Å². The Morgan fingerprint density at radius 2 is 2.13 bits per heavy atom. The number of methoxy groups -OCH3 is 1. The molecular formula is C10H9Br2FO2. The van der Waals surface area contributed by atoms with Crippen LogP contribution in [-0.2, 0) is 0 Å². The Morgan fingerprint density at radius 3 is 2.60 bits per heavy atom. The third-order valence-electron chi connectivity index (χ3n) is 1.87. The molecule has 1 aromatic rings. The van der Waals surface area contributed by atoms with Crippen LogP contribution in [0.4, 0.5) is 4.39 Å². The van der Waals surface area contributed by atoms with E-state index in [0.717, 1.165) is 0 Å². The molecule has 1 atom stereocenters. The van der Waals surface area contributed by atoms with E-state index in [2.05, 4.69) is 31.9 Å². The van der Waals surface area contributed by atoms with Crippen molar-refractivity contribution in [3.63, 3.8) is 0 Å². The number of ketones is 1. The number of carbonyl (C=O) groups is 1. The van der Waals surface area contributed by atoms with Gasteiger partial charge in [-0.2, -0.15) is 0 Å². The van der Waals surface area contributed by atoms with Gasteiger partial charge in [0.15, 0.2) is 5.78 Å². The summed E-state index contributed by atoms with van der Waals surface area (Å²) < 4.78 is 18.4. The van der Waals surface area contributed by atoms with Crippen LogP contribution in [0.2, 0.25) is 0 Å². The molecule has 1 unspecified atom stereocenters. The lowest BCUT2D eigenvalue weighted by Crippen LogP contribution is -2.11. The number of benzene rings is 1. The maximum absolute atomic E-state index is 13.2. The summed E-state index contributed by atoms with van der Waals surface area (Å²) in [5.41, 5.74) is 0.357. The number of halogens is 3. The second-order valence-corrected chi connectivity index (χ2v) is 5.17. The fourth-order valence-corrected chi connectivity index (χ4v) is 1.69. The van der Waals surface area contributed by atoms with Crippen LogP contribution in [0, 0.1) is 5.82 Å². The maximum Gasteiger partial charge on any atom is 0.179 e. The van der Waals surface area contributed by atoms with Crippen LogP contribution in [-0.4, -0.2) is 17.7 Å². The van der Waals surface area contributed by atoms with E-state index in [0.29, 0.717) is 5.56 Å². The van der Waals surface area contributed by atoms with Gasteiger partial charge in [-0.3, -0.25) is 4.79 Å². The van der Waals surface area contributed by atoms with Crippen molar-refractivity contribution in [1.29, 1.82) is 0 Å². The molecule has 1 rings (SSSR count). The van der Waals surface area contributed by atoms with E-state index in [9.17, 15) is 9.18 Å². The standard InChI is InChI=1S/C10H9Br2FO2/c1-5(11)10(14)6-3-7(12)8(13)4-9(6)15-2/h3-5H,1-2H3. The van der Waals surface area contributed by atoms with Crippen LogP contribution >= 0.6 is 31.9 Å². The minimum absolute atomic E-state index is 0.146. The zero-order valence-electron chi connectivity index (χ0n) is 8.18. The molecule has 0 heterocycles. The molecule has 0 spiro atoms. The van der Waals surface area contributed by atoms with Crippen LogP contribution in [0.25, 0.3) is 0 Å². The summed E-state index contributed by atoms with van der Waals surface area (Å²) >= 11 is 6.20. The first kappa shape index (κ1) is 12.6. The SMILES string of the molecule is COc1cc(F)c(Br)cc1C(=O)C(C)Br. The van der Waals surface area contributed by atoms with Crippen LogP contribution in [0.5, 0.6) is 5.75 Å². The van der Waals surface area contributed by atoms with E-state index in [1.54, 1.807) is 6.92 Å². The summed E-state index contributed by atoms with van der Waals surface area (Å²) in [6.07, 6.45) is 0. The van der Waals surface area contributed by atoms with Gasteiger partial charge in [-0.05, 0) is 28.9 Å². The fraction of sp³-hybridized carbons (Fsp3) is 0.300. The van der Waals surface area contributed by atoms with Crippen molar-refractivity contribution >= 4 is 37.6 Å². The number of hydrogen-bond acceptors (Lipinski definition) is 2. The van der Waals surface area contributed by atoms with Gasteiger partial charge in [0.05, 0.1) is 22.0 Å². The van der Waals surface area contributed by atoms with E-state index in [1.165, 1.54) is 19.2 Å². The van der Waals surface area contributed by atoms with Crippen molar-refractivity contribution in [2.24, 2.45) is 0 Å². The summed E-state index contributed by atoms with van der Waals surface area (Å²) in [6, 6.07) is 2.61. The van der Waals surface area contributed by atoms with Crippen molar-refractivity contribution in [2.75, 3.05) is 7.11 Å². The average molecular weight is 340 g/mol. The zero-order valence-corrected chi connectivity index (χ0v) is 11.4. The molecule has 2 nitrogen and oxygen atoms in total. The van der Waals surface area contributed by atoms with Gasteiger partial charge in [-0.15, -0.1) is 0 Å². The van der Waals surface area contributed by atoms with Gasteiger partial charge in [0.2, 0.25) is 0 Å². The largest absolute Gasteiger partial charge is 0.496 e. The number of alkyl halides is 1. The highest BCUT2D eigenvalue weighted by Gasteiger charge is 2.18. The van der Waals surface area contributed by atoms with Gasteiger partial charge in [0.25, 0.3) is 0 Å². The number of Topliss-reactive ketones (excluding diaryl/α,β-unsaturated/α-hetero) is 1. The summed E-state index contributed by atoms with van der Waals surface area (Å²) in [5, 5.41) is 0. The second kappa shape index (κ2) is 5.07. The molecule has 15 heavy (non-hydrogen) atoms. The lowest BCUT2D eigenvalue weighted by Gasteiger charge is -2.09. The topological polar surface area (TPSA) is 26.3 Å². The fourth-order valence-electron chi connectivity index (χ4n) is 1.10. The normalized spacial score (nSPS) is 12.3. The monoisotopic (exact) mass is 338 g/mol. The lowest BCUT2D eigenvalue weighted by molar-refractivity contribution is 0.0993. The quantitative estimate of drug-likeness (QED) is 0.621. The van der Waals surface area contributed by atoms with Gasteiger partial charge in [-0.25, -0.2) is 4.39 Å². The van der Waals surface area contributed by atoms with E-state index in [-0.39, 0.29) is 20.8 Å².